The second-order valence-corrected chi connectivity index (χ2v) is 10.7. The predicted molar refractivity (Wildman–Crippen MR) is 76.3 cm³/mol. The van der Waals surface area contributed by atoms with E-state index in [4.69, 9.17) is 4.43 Å². The van der Waals surface area contributed by atoms with Crippen LogP contribution in [-0.2, 0) is 4.43 Å². The number of rotatable bonds is 7. The third kappa shape index (κ3) is 5.66. The molecule has 0 spiro atoms. The summed E-state index contributed by atoms with van der Waals surface area (Å²) in [5.41, 5.74) is 1.13. The SMILES string of the molecule is C=CC(=C)CCCCO[Si](C)(C)C(C)(C)C. The van der Waals surface area contributed by atoms with Gasteiger partial charge < -0.3 is 4.43 Å². The normalized spacial score (nSPS) is 12.6. The molecule has 94 valence electrons. The summed E-state index contributed by atoms with van der Waals surface area (Å²) < 4.78 is 6.09. The third-order valence-electron chi connectivity index (χ3n) is 3.45. The number of unbranched alkanes of at least 4 members (excludes halogenated alkanes) is 1. The average Bonchev–Trinajstić information content (AvgIpc) is 2.15. The minimum atomic E-state index is -1.53. The topological polar surface area (TPSA) is 9.23 Å². The minimum absolute atomic E-state index is 0.317. The van der Waals surface area contributed by atoms with Crippen LogP contribution in [0.15, 0.2) is 24.8 Å². The van der Waals surface area contributed by atoms with Crippen molar-refractivity contribution in [3.05, 3.63) is 24.8 Å². The second kappa shape index (κ2) is 6.41. The van der Waals surface area contributed by atoms with Crippen molar-refractivity contribution in [2.45, 2.75) is 58.2 Å². The first kappa shape index (κ1) is 15.7. The number of hydrogen-bond acceptors (Lipinski definition) is 1. The van der Waals surface area contributed by atoms with E-state index in [1.54, 1.807) is 0 Å². The minimum Gasteiger partial charge on any atom is -0.417 e. The lowest BCUT2D eigenvalue weighted by Crippen LogP contribution is -2.40. The van der Waals surface area contributed by atoms with Crippen LogP contribution in [0.2, 0.25) is 18.1 Å². The van der Waals surface area contributed by atoms with Crippen LogP contribution in [-0.4, -0.2) is 14.9 Å². The molecule has 0 unspecified atom stereocenters. The van der Waals surface area contributed by atoms with E-state index in [0.29, 0.717) is 5.04 Å². The monoisotopic (exact) mass is 240 g/mol. The summed E-state index contributed by atoms with van der Waals surface area (Å²) in [7, 11) is -1.53. The molecule has 0 aromatic heterocycles. The van der Waals surface area contributed by atoms with Crippen LogP contribution in [0.5, 0.6) is 0 Å². The predicted octanol–water partition coefficient (Wildman–Crippen LogP) is 4.92. The van der Waals surface area contributed by atoms with Crippen LogP contribution < -0.4 is 0 Å². The number of allylic oxidation sites excluding steroid dienone is 2. The Labute approximate surface area is 103 Å². The summed E-state index contributed by atoms with van der Waals surface area (Å²) in [6.07, 6.45) is 5.16. The molecule has 0 saturated carbocycles. The quantitative estimate of drug-likeness (QED) is 0.349. The molecule has 1 nitrogen and oxygen atoms in total. The van der Waals surface area contributed by atoms with Gasteiger partial charge in [0.25, 0.3) is 0 Å². The molecule has 0 heterocycles. The van der Waals surface area contributed by atoms with Gasteiger partial charge in [-0.15, -0.1) is 0 Å². The van der Waals surface area contributed by atoms with Gasteiger partial charge in [0.2, 0.25) is 0 Å². The third-order valence-corrected chi connectivity index (χ3v) is 7.99. The van der Waals surface area contributed by atoms with Crippen molar-refractivity contribution in [2.75, 3.05) is 6.61 Å². The molecule has 2 heteroatoms. The van der Waals surface area contributed by atoms with Crippen LogP contribution in [0.25, 0.3) is 0 Å². The van der Waals surface area contributed by atoms with Crippen LogP contribution in [0.1, 0.15) is 40.0 Å². The molecular formula is C14H28OSi. The Morgan fingerprint density at radius 3 is 2.25 bits per heavy atom. The molecule has 0 amide bonds. The molecule has 0 saturated heterocycles. The van der Waals surface area contributed by atoms with E-state index in [1.165, 1.54) is 0 Å². The Morgan fingerprint density at radius 1 is 1.25 bits per heavy atom. The van der Waals surface area contributed by atoms with Gasteiger partial charge in [-0.25, -0.2) is 0 Å². The van der Waals surface area contributed by atoms with Gasteiger partial charge in [-0.2, -0.15) is 0 Å². The van der Waals surface area contributed by atoms with Gasteiger partial charge in [0.15, 0.2) is 8.32 Å². The summed E-state index contributed by atoms with van der Waals surface area (Å²) in [4.78, 5) is 0. The van der Waals surface area contributed by atoms with Gasteiger partial charge in [-0.1, -0.05) is 45.6 Å². The van der Waals surface area contributed by atoms with Gasteiger partial charge in [0, 0.05) is 6.61 Å². The summed E-state index contributed by atoms with van der Waals surface area (Å²) in [5.74, 6) is 0. The first-order valence-corrected chi connectivity index (χ1v) is 9.06. The highest BCUT2D eigenvalue weighted by Crippen LogP contribution is 2.36. The molecule has 0 rings (SSSR count). The molecule has 0 aliphatic rings. The molecular weight excluding hydrogens is 212 g/mol. The van der Waals surface area contributed by atoms with Crippen molar-refractivity contribution in [3.63, 3.8) is 0 Å². The van der Waals surface area contributed by atoms with Gasteiger partial charge >= 0.3 is 0 Å². The van der Waals surface area contributed by atoms with Crippen molar-refractivity contribution in [2.24, 2.45) is 0 Å². The van der Waals surface area contributed by atoms with Gasteiger partial charge in [0.1, 0.15) is 0 Å². The van der Waals surface area contributed by atoms with Crippen LogP contribution >= 0.6 is 0 Å². The molecule has 0 aliphatic carbocycles. The van der Waals surface area contributed by atoms with Crippen molar-refractivity contribution < 1.29 is 4.43 Å². The smallest absolute Gasteiger partial charge is 0.191 e. The fourth-order valence-corrected chi connectivity index (χ4v) is 2.19. The fourth-order valence-electron chi connectivity index (χ4n) is 1.10. The molecule has 16 heavy (non-hydrogen) atoms. The first-order valence-electron chi connectivity index (χ1n) is 6.15. The van der Waals surface area contributed by atoms with Crippen molar-refractivity contribution in [1.82, 2.24) is 0 Å². The maximum absolute atomic E-state index is 6.09. The Balaban J connectivity index is 3.75. The molecule has 0 aromatic rings. The first-order chi connectivity index (χ1) is 7.20. The molecule has 0 aromatic carbocycles. The van der Waals surface area contributed by atoms with E-state index in [9.17, 15) is 0 Å². The molecule has 0 bridgehead atoms. The summed E-state index contributed by atoms with van der Waals surface area (Å²) >= 11 is 0. The van der Waals surface area contributed by atoms with Crippen LogP contribution in [0, 0.1) is 0 Å². The van der Waals surface area contributed by atoms with E-state index < -0.39 is 8.32 Å². The molecule has 0 atom stereocenters. The summed E-state index contributed by atoms with van der Waals surface area (Å²) in [6, 6.07) is 0. The van der Waals surface area contributed by atoms with E-state index in [-0.39, 0.29) is 0 Å². The zero-order valence-electron chi connectivity index (χ0n) is 11.7. The average molecular weight is 240 g/mol. The van der Waals surface area contributed by atoms with Crippen molar-refractivity contribution in [1.29, 1.82) is 0 Å². The highest BCUT2D eigenvalue weighted by Gasteiger charge is 2.36. The van der Waals surface area contributed by atoms with Gasteiger partial charge in [0.05, 0.1) is 0 Å². The van der Waals surface area contributed by atoms with E-state index in [2.05, 4.69) is 47.0 Å². The highest BCUT2D eigenvalue weighted by atomic mass is 28.4. The number of hydrogen-bond donors (Lipinski definition) is 0. The van der Waals surface area contributed by atoms with Crippen LogP contribution in [0.3, 0.4) is 0 Å². The summed E-state index contributed by atoms with van der Waals surface area (Å²) in [5, 5.41) is 0.317. The fraction of sp³-hybridized carbons (Fsp3) is 0.714. The van der Waals surface area contributed by atoms with E-state index in [1.807, 2.05) is 6.08 Å². The molecule has 0 N–H and O–H groups in total. The maximum Gasteiger partial charge on any atom is 0.191 e. The van der Waals surface area contributed by atoms with Crippen LogP contribution in [0.4, 0.5) is 0 Å². The standard InChI is InChI=1S/C14H28OSi/c1-8-13(2)11-9-10-12-15-16(6,7)14(3,4)5/h8H,1-2,9-12H2,3-7H3. The van der Waals surface area contributed by atoms with Crippen molar-refractivity contribution in [3.8, 4) is 0 Å². The lowest BCUT2D eigenvalue weighted by Gasteiger charge is -2.36. The Hall–Kier alpha value is -0.343. The zero-order chi connectivity index (χ0) is 12.8. The Morgan fingerprint density at radius 2 is 1.81 bits per heavy atom. The maximum atomic E-state index is 6.09. The largest absolute Gasteiger partial charge is 0.417 e. The van der Waals surface area contributed by atoms with Crippen molar-refractivity contribution >= 4 is 8.32 Å². The van der Waals surface area contributed by atoms with E-state index >= 15 is 0 Å². The molecule has 0 radical (unpaired) electrons. The summed E-state index contributed by atoms with van der Waals surface area (Å²) in [6.45, 7) is 19.9. The van der Waals surface area contributed by atoms with Gasteiger partial charge in [-0.3, -0.25) is 0 Å². The molecule has 0 fully saturated rings. The second-order valence-electron chi connectivity index (χ2n) is 5.93. The highest BCUT2D eigenvalue weighted by molar-refractivity contribution is 6.74. The lowest BCUT2D eigenvalue weighted by molar-refractivity contribution is 0.279. The van der Waals surface area contributed by atoms with Gasteiger partial charge in [-0.05, 0) is 37.4 Å². The van der Waals surface area contributed by atoms with E-state index in [0.717, 1.165) is 31.4 Å². The Kier molecular flexibility index (Phi) is 6.27. The Bertz CT molecular complexity index is 236. The lowest BCUT2D eigenvalue weighted by atomic mass is 10.1. The zero-order valence-corrected chi connectivity index (χ0v) is 12.7. The molecule has 0 aliphatic heterocycles.